The molecule has 1 fully saturated rings. The van der Waals surface area contributed by atoms with E-state index in [1.807, 2.05) is 0 Å². The fourth-order valence-electron chi connectivity index (χ4n) is 1.08. The Morgan fingerprint density at radius 2 is 2.33 bits per heavy atom. The first-order valence-electron chi connectivity index (χ1n) is 4.55. The minimum absolute atomic E-state index is 0.000648. The highest BCUT2D eigenvalue weighted by Crippen LogP contribution is 2.28. The van der Waals surface area contributed by atoms with E-state index in [0.29, 0.717) is 0 Å². The number of nitrogens with one attached hydrogen (secondary N) is 1. The minimum atomic E-state index is -2.75. The molecule has 1 heterocycles. The zero-order valence-electron chi connectivity index (χ0n) is 7.74. The van der Waals surface area contributed by atoms with E-state index in [9.17, 15) is 13.6 Å². The Bertz CT molecular complexity index is 363. The highest BCUT2D eigenvalue weighted by atomic mass is 19.3. The number of carbonyl (C=O) groups is 1. The van der Waals surface area contributed by atoms with Crippen LogP contribution in [0.5, 0.6) is 0 Å². The lowest BCUT2D eigenvalue weighted by Crippen LogP contribution is -2.24. The summed E-state index contributed by atoms with van der Waals surface area (Å²) in [6.07, 6.45) is -0.975. The van der Waals surface area contributed by atoms with E-state index in [1.54, 1.807) is 0 Å². The first kappa shape index (κ1) is 10.0. The molecule has 1 saturated carbocycles. The molecule has 7 heteroatoms. The molecule has 0 radical (unpaired) electrons. The molecule has 5 nitrogen and oxygen atoms in total. The van der Waals surface area contributed by atoms with E-state index < -0.39 is 12.2 Å². The van der Waals surface area contributed by atoms with E-state index in [0.717, 1.165) is 12.8 Å². The summed E-state index contributed by atoms with van der Waals surface area (Å²) in [5.41, 5.74) is 0. The highest BCUT2D eigenvalue weighted by molar-refractivity contribution is 5.80. The number of carbonyl (C=O) groups excluding carboxylic acids is 1. The summed E-state index contributed by atoms with van der Waals surface area (Å²) in [4.78, 5) is 14.6. The van der Waals surface area contributed by atoms with Gasteiger partial charge in [-0.1, -0.05) is 5.16 Å². The zero-order valence-corrected chi connectivity index (χ0v) is 7.74. The predicted molar refractivity (Wildman–Crippen MR) is 43.8 cm³/mol. The van der Waals surface area contributed by atoms with Crippen molar-refractivity contribution in [2.45, 2.75) is 25.8 Å². The molecule has 0 aliphatic heterocycles. The number of rotatable bonds is 4. The number of alkyl halides is 2. The lowest BCUT2D eigenvalue weighted by Gasteiger charge is -1.98. The summed E-state index contributed by atoms with van der Waals surface area (Å²) in [5, 5.41) is 5.60. The topological polar surface area (TPSA) is 68.0 Å². The Balaban J connectivity index is 1.84. The van der Waals surface area contributed by atoms with Gasteiger partial charge < -0.3 is 9.84 Å². The number of halogens is 2. The van der Waals surface area contributed by atoms with Crippen LogP contribution in [0.4, 0.5) is 8.78 Å². The van der Waals surface area contributed by atoms with Crippen LogP contribution in [0.25, 0.3) is 0 Å². The molecule has 1 amide bonds. The summed E-state index contributed by atoms with van der Waals surface area (Å²) in [5.74, 6) is -0.667. The highest BCUT2D eigenvalue weighted by Gasteiger charge is 2.29. The maximum absolute atomic E-state index is 12.0. The van der Waals surface area contributed by atoms with Crippen molar-refractivity contribution in [3.8, 4) is 0 Å². The third kappa shape index (κ3) is 2.48. The van der Waals surface area contributed by atoms with E-state index in [2.05, 4.69) is 20.0 Å². The maximum Gasteiger partial charge on any atom is 0.300 e. The fourth-order valence-corrected chi connectivity index (χ4v) is 1.08. The van der Waals surface area contributed by atoms with Crippen LogP contribution >= 0.6 is 0 Å². The van der Waals surface area contributed by atoms with Crippen molar-refractivity contribution in [3.63, 3.8) is 0 Å². The fraction of sp³-hybridized carbons (Fsp3) is 0.625. The molecule has 0 bridgehead atoms. The molecule has 0 aromatic carbocycles. The second-order valence-corrected chi connectivity index (χ2v) is 3.34. The molecule has 15 heavy (non-hydrogen) atoms. The van der Waals surface area contributed by atoms with Crippen molar-refractivity contribution in [2.24, 2.45) is 5.92 Å². The average Bonchev–Trinajstić information content (AvgIpc) is 2.93. The number of aromatic nitrogens is 2. The Morgan fingerprint density at radius 1 is 1.60 bits per heavy atom. The van der Waals surface area contributed by atoms with Gasteiger partial charge in [-0.25, -0.2) is 8.78 Å². The molecule has 0 atom stereocenters. The van der Waals surface area contributed by atoms with Gasteiger partial charge in [0, 0.05) is 5.92 Å². The van der Waals surface area contributed by atoms with Gasteiger partial charge in [0.05, 0.1) is 6.54 Å². The molecule has 0 spiro atoms. The van der Waals surface area contributed by atoms with Crippen LogP contribution in [0, 0.1) is 5.92 Å². The zero-order chi connectivity index (χ0) is 10.8. The molecule has 1 aromatic heterocycles. The summed E-state index contributed by atoms with van der Waals surface area (Å²) in [6.45, 7) is 0.00898. The van der Waals surface area contributed by atoms with Crippen LogP contribution < -0.4 is 5.32 Å². The van der Waals surface area contributed by atoms with Gasteiger partial charge in [-0.3, -0.25) is 4.79 Å². The average molecular weight is 217 g/mol. The van der Waals surface area contributed by atoms with E-state index in [-0.39, 0.29) is 24.3 Å². The minimum Gasteiger partial charge on any atom is -0.347 e. The second kappa shape index (κ2) is 3.92. The van der Waals surface area contributed by atoms with E-state index in [4.69, 9.17) is 0 Å². The number of hydrogen-bond donors (Lipinski definition) is 1. The van der Waals surface area contributed by atoms with Gasteiger partial charge in [-0.15, -0.1) is 0 Å². The quantitative estimate of drug-likeness (QED) is 0.817. The smallest absolute Gasteiger partial charge is 0.300 e. The normalized spacial score (nSPS) is 15.7. The third-order valence-electron chi connectivity index (χ3n) is 2.04. The van der Waals surface area contributed by atoms with Crippen molar-refractivity contribution in [2.75, 3.05) is 0 Å². The SMILES string of the molecule is O=C(NCc1nc(C(F)F)no1)C1CC1. The molecular weight excluding hydrogens is 208 g/mol. The van der Waals surface area contributed by atoms with Crippen molar-refractivity contribution in [1.82, 2.24) is 15.5 Å². The van der Waals surface area contributed by atoms with Gasteiger partial charge in [0.25, 0.3) is 0 Å². The van der Waals surface area contributed by atoms with Crippen molar-refractivity contribution in [3.05, 3.63) is 11.7 Å². The van der Waals surface area contributed by atoms with Crippen molar-refractivity contribution < 1.29 is 18.1 Å². The number of nitrogens with zero attached hydrogens (tertiary/aromatic N) is 2. The van der Waals surface area contributed by atoms with Gasteiger partial charge in [0.1, 0.15) is 0 Å². The monoisotopic (exact) mass is 217 g/mol. The summed E-state index contributed by atoms with van der Waals surface area (Å²) < 4.78 is 28.6. The Labute approximate surface area is 83.8 Å². The molecule has 2 rings (SSSR count). The van der Waals surface area contributed by atoms with Crippen molar-refractivity contribution >= 4 is 5.91 Å². The van der Waals surface area contributed by atoms with Crippen LogP contribution in [0.3, 0.4) is 0 Å². The standard InChI is InChI=1S/C8H9F2N3O2/c9-6(10)7-12-5(15-13-7)3-11-8(14)4-1-2-4/h4,6H,1-3H2,(H,11,14). The van der Waals surface area contributed by atoms with Gasteiger partial charge in [0.15, 0.2) is 0 Å². The lowest BCUT2D eigenvalue weighted by atomic mass is 10.4. The van der Waals surface area contributed by atoms with E-state index in [1.165, 1.54) is 0 Å². The van der Waals surface area contributed by atoms with Gasteiger partial charge in [-0.05, 0) is 12.8 Å². The van der Waals surface area contributed by atoms with Crippen LogP contribution in [-0.4, -0.2) is 16.0 Å². The molecular formula is C8H9F2N3O2. The molecule has 0 unspecified atom stereocenters. The van der Waals surface area contributed by atoms with Gasteiger partial charge >= 0.3 is 6.43 Å². The number of amides is 1. The Morgan fingerprint density at radius 3 is 2.87 bits per heavy atom. The summed E-state index contributed by atoms with van der Waals surface area (Å²) in [6, 6.07) is 0. The van der Waals surface area contributed by atoms with Crippen LogP contribution in [0.1, 0.15) is 31.0 Å². The summed E-state index contributed by atoms with van der Waals surface area (Å²) >= 11 is 0. The maximum atomic E-state index is 12.0. The molecule has 1 N–H and O–H groups in total. The van der Waals surface area contributed by atoms with Gasteiger partial charge in [0.2, 0.25) is 17.6 Å². The molecule has 1 aliphatic rings. The molecule has 1 aromatic rings. The lowest BCUT2D eigenvalue weighted by molar-refractivity contribution is -0.122. The first-order chi connectivity index (χ1) is 7.16. The molecule has 0 saturated heterocycles. The Kier molecular flexibility index (Phi) is 2.61. The number of hydrogen-bond acceptors (Lipinski definition) is 4. The van der Waals surface area contributed by atoms with E-state index >= 15 is 0 Å². The predicted octanol–water partition coefficient (Wildman–Crippen LogP) is 1.03. The van der Waals surface area contributed by atoms with Crippen LogP contribution in [0.15, 0.2) is 4.52 Å². The summed E-state index contributed by atoms with van der Waals surface area (Å²) in [7, 11) is 0. The Hall–Kier alpha value is -1.53. The first-order valence-corrected chi connectivity index (χ1v) is 4.55. The molecule has 1 aliphatic carbocycles. The van der Waals surface area contributed by atoms with Crippen LogP contribution in [-0.2, 0) is 11.3 Å². The van der Waals surface area contributed by atoms with Gasteiger partial charge in [-0.2, -0.15) is 4.98 Å². The van der Waals surface area contributed by atoms with Crippen LogP contribution in [0.2, 0.25) is 0 Å². The third-order valence-corrected chi connectivity index (χ3v) is 2.04. The second-order valence-electron chi connectivity index (χ2n) is 3.34. The van der Waals surface area contributed by atoms with Crippen molar-refractivity contribution in [1.29, 1.82) is 0 Å². The molecule has 82 valence electrons. The largest absolute Gasteiger partial charge is 0.347 e.